The Morgan fingerprint density at radius 2 is 1.75 bits per heavy atom. The Morgan fingerprint density at radius 3 is 2.47 bits per heavy atom. The molecule has 0 saturated heterocycles. The molecule has 1 aromatic heterocycles. The monoisotopic (exact) mass is 558 g/mol. The zero-order valence-corrected chi connectivity index (χ0v) is 21.7. The van der Waals surface area contributed by atoms with Crippen molar-refractivity contribution in [2.75, 3.05) is 47.2 Å². The van der Waals surface area contributed by atoms with Crippen LogP contribution >= 0.6 is 24.0 Å². The van der Waals surface area contributed by atoms with E-state index in [2.05, 4.69) is 32.7 Å². The summed E-state index contributed by atoms with van der Waals surface area (Å²) in [7, 11) is 3.38. The van der Waals surface area contributed by atoms with Crippen LogP contribution in [-0.2, 0) is 22.6 Å². The molecule has 0 amide bonds. The van der Waals surface area contributed by atoms with Gasteiger partial charge in [-0.2, -0.15) is 0 Å². The highest BCUT2D eigenvalue weighted by Gasteiger charge is 2.08. The third-order valence-electron chi connectivity index (χ3n) is 4.40. The van der Waals surface area contributed by atoms with Crippen molar-refractivity contribution in [3.63, 3.8) is 0 Å². The van der Waals surface area contributed by atoms with E-state index in [1.54, 1.807) is 20.4 Å². The summed E-state index contributed by atoms with van der Waals surface area (Å²) in [6.45, 7) is 7.86. The topological polar surface area (TPSA) is 86.2 Å². The van der Waals surface area contributed by atoms with Crippen LogP contribution in [0.1, 0.15) is 23.6 Å². The van der Waals surface area contributed by atoms with Crippen LogP contribution in [0.5, 0.6) is 11.6 Å². The number of halogens is 1. The van der Waals surface area contributed by atoms with Gasteiger partial charge in [0.15, 0.2) is 5.96 Å². The van der Waals surface area contributed by atoms with Crippen LogP contribution in [0.2, 0.25) is 0 Å². The van der Waals surface area contributed by atoms with E-state index in [0.717, 1.165) is 22.4 Å². The zero-order valence-electron chi connectivity index (χ0n) is 19.3. The first-order valence-corrected chi connectivity index (χ1v) is 10.5. The van der Waals surface area contributed by atoms with Gasteiger partial charge >= 0.3 is 0 Å². The maximum Gasteiger partial charge on any atom is 0.218 e. The number of methoxy groups -OCH3 is 1. The summed E-state index contributed by atoms with van der Waals surface area (Å²) in [6, 6.07) is 10.0. The summed E-state index contributed by atoms with van der Waals surface area (Å²) in [4.78, 5) is 8.61. The lowest BCUT2D eigenvalue weighted by Crippen LogP contribution is -2.36. The van der Waals surface area contributed by atoms with Gasteiger partial charge in [-0.3, -0.25) is 4.99 Å². The second-order valence-electron chi connectivity index (χ2n) is 6.74. The normalized spacial score (nSPS) is 10.9. The molecule has 0 unspecified atom stereocenters. The van der Waals surface area contributed by atoms with Crippen LogP contribution in [-0.4, -0.2) is 58.1 Å². The number of benzene rings is 1. The molecule has 0 saturated carbocycles. The molecule has 0 atom stereocenters. The lowest BCUT2D eigenvalue weighted by Gasteiger charge is -2.16. The number of pyridine rings is 1. The fourth-order valence-electron chi connectivity index (χ4n) is 2.79. The van der Waals surface area contributed by atoms with Crippen LogP contribution in [0.3, 0.4) is 0 Å². The van der Waals surface area contributed by atoms with Gasteiger partial charge in [0, 0.05) is 51.2 Å². The van der Waals surface area contributed by atoms with Gasteiger partial charge in [-0.1, -0.05) is 18.2 Å². The number of rotatable bonds is 13. The average Bonchev–Trinajstić information content (AvgIpc) is 2.79. The first-order valence-electron chi connectivity index (χ1n) is 10.5. The number of ether oxygens (including phenoxy) is 4. The van der Waals surface area contributed by atoms with Crippen molar-refractivity contribution in [1.29, 1.82) is 0 Å². The predicted molar refractivity (Wildman–Crippen MR) is 137 cm³/mol. The number of aryl methyl sites for hydroxylation is 1. The number of hydrogen-bond donors (Lipinski definition) is 2. The van der Waals surface area contributed by atoms with E-state index in [4.69, 9.17) is 18.9 Å². The van der Waals surface area contributed by atoms with E-state index in [-0.39, 0.29) is 24.0 Å². The van der Waals surface area contributed by atoms with E-state index in [9.17, 15) is 0 Å². The van der Waals surface area contributed by atoms with Crippen LogP contribution in [0.15, 0.2) is 41.5 Å². The van der Waals surface area contributed by atoms with Gasteiger partial charge in [0.1, 0.15) is 19.0 Å². The van der Waals surface area contributed by atoms with Crippen LogP contribution in [0.25, 0.3) is 0 Å². The fraction of sp³-hybridized carbons (Fsp3) is 0.478. The Balaban J connectivity index is 0.00000512. The van der Waals surface area contributed by atoms with Crippen molar-refractivity contribution in [1.82, 2.24) is 15.6 Å². The number of aliphatic imine (C=N–C) groups is 1. The maximum absolute atomic E-state index is 5.92. The molecule has 0 bridgehead atoms. The summed E-state index contributed by atoms with van der Waals surface area (Å²) in [5.74, 6) is 2.11. The van der Waals surface area contributed by atoms with Crippen LogP contribution in [0, 0.1) is 6.92 Å². The first-order chi connectivity index (χ1) is 15.2. The van der Waals surface area contributed by atoms with Crippen molar-refractivity contribution in [3.05, 3.63) is 53.2 Å². The third-order valence-corrected chi connectivity index (χ3v) is 4.40. The van der Waals surface area contributed by atoms with Crippen molar-refractivity contribution in [2.45, 2.75) is 26.9 Å². The first kappa shape index (κ1) is 27.9. The van der Waals surface area contributed by atoms with Gasteiger partial charge in [0.25, 0.3) is 0 Å². The zero-order chi connectivity index (χ0) is 22.3. The number of aromatic nitrogens is 1. The average molecular weight is 558 g/mol. The molecule has 1 aromatic carbocycles. The Labute approximate surface area is 208 Å². The molecule has 178 valence electrons. The standard InChI is InChI=1S/C23H34N4O4.HI/c1-5-29-12-14-30-21-15-18(2)8-9-19(21)16-26-23(24-3)27-17-20-7-6-10-25-22(20)31-13-11-28-4;/h6-10,15H,5,11-14,16-17H2,1-4H3,(H2,24,26,27);1H. The second-order valence-corrected chi connectivity index (χ2v) is 6.74. The Kier molecular flexibility index (Phi) is 14.4. The van der Waals surface area contributed by atoms with Gasteiger partial charge in [-0.25, -0.2) is 4.98 Å². The SMILES string of the molecule is CCOCCOc1cc(C)ccc1CNC(=NC)NCc1cccnc1OCCOC.I. The second kappa shape index (κ2) is 16.5. The van der Waals surface area contributed by atoms with Gasteiger partial charge < -0.3 is 29.6 Å². The lowest BCUT2D eigenvalue weighted by atomic mass is 10.1. The molecule has 1 heterocycles. The maximum atomic E-state index is 5.92. The van der Waals surface area contributed by atoms with Crippen molar-refractivity contribution in [2.24, 2.45) is 4.99 Å². The number of nitrogens with one attached hydrogen (secondary N) is 2. The molecule has 8 nitrogen and oxygen atoms in total. The minimum absolute atomic E-state index is 0. The largest absolute Gasteiger partial charge is 0.491 e. The van der Waals surface area contributed by atoms with Gasteiger partial charge in [-0.15, -0.1) is 24.0 Å². The number of nitrogens with zero attached hydrogens (tertiary/aromatic N) is 2. The van der Waals surface area contributed by atoms with E-state index in [1.807, 2.05) is 32.0 Å². The van der Waals surface area contributed by atoms with E-state index in [0.29, 0.717) is 58.0 Å². The Hall–Kier alpha value is -2.11. The molecule has 2 aromatic rings. The third kappa shape index (κ3) is 10.0. The summed E-state index contributed by atoms with van der Waals surface area (Å²) in [5.41, 5.74) is 3.14. The summed E-state index contributed by atoms with van der Waals surface area (Å²) >= 11 is 0. The molecular formula is C23H35IN4O4. The highest BCUT2D eigenvalue weighted by Crippen LogP contribution is 2.20. The van der Waals surface area contributed by atoms with E-state index in [1.165, 1.54) is 0 Å². The lowest BCUT2D eigenvalue weighted by molar-refractivity contribution is 0.110. The minimum Gasteiger partial charge on any atom is -0.491 e. The quantitative estimate of drug-likeness (QED) is 0.169. The molecule has 32 heavy (non-hydrogen) atoms. The molecule has 0 radical (unpaired) electrons. The molecule has 2 rings (SSSR count). The predicted octanol–water partition coefficient (Wildman–Crippen LogP) is 3.31. The molecule has 0 spiro atoms. The summed E-state index contributed by atoms with van der Waals surface area (Å²) < 4.78 is 22.0. The molecule has 0 aliphatic carbocycles. The summed E-state index contributed by atoms with van der Waals surface area (Å²) in [6.07, 6.45) is 1.71. The molecular weight excluding hydrogens is 523 g/mol. The smallest absolute Gasteiger partial charge is 0.218 e. The van der Waals surface area contributed by atoms with E-state index < -0.39 is 0 Å². The highest BCUT2D eigenvalue weighted by atomic mass is 127. The molecule has 0 fully saturated rings. The minimum atomic E-state index is 0. The highest BCUT2D eigenvalue weighted by molar-refractivity contribution is 14.0. The number of guanidine groups is 1. The van der Waals surface area contributed by atoms with Crippen molar-refractivity contribution >= 4 is 29.9 Å². The van der Waals surface area contributed by atoms with Crippen LogP contribution < -0.4 is 20.1 Å². The van der Waals surface area contributed by atoms with Gasteiger partial charge in [-0.05, 0) is 31.5 Å². The van der Waals surface area contributed by atoms with E-state index >= 15 is 0 Å². The fourth-order valence-corrected chi connectivity index (χ4v) is 2.79. The van der Waals surface area contributed by atoms with Crippen LogP contribution in [0.4, 0.5) is 0 Å². The summed E-state index contributed by atoms with van der Waals surface area (Å²) in [5, 5.41) is 6.64. The van der Waals surface area contributed by atoms with Gasteiger partial charge in [0.05, 0.1) is 13.2 Å². The van der Waals surface area contributed by atoms with Crippen molar-refractivity contribution in [3.8, 4) is 11.6 Å². The molecule has 0 aliphatic heterocycles. The molecule has 9 heteroatoms. The Morgan fingerprint density at radius 1 is 1.00 bits per heavy atom. The van der Waals surface area contributed by atoms with Crippen molar-refractivity contribution < 1.29 is 18.9 Å². The van der Waals surface area contributed by atoms with Gasteiger partial charge in [0.2, 0.25) is 5.88 Å². The molecule has 0 aliphatic rings. The molecule has 2 N–H and O–H groups in total. The Bertz CT molecular complexity index is 820. The number of hydrogen-bond acceptors (Lipinski definition) is 6.